The number of para-hydroxylation sites is 1. The van der Waals surface area contributed by atoms with Crippen LogP contribution in [0.15, 0.2) is 36.4 Å². The second-order valence-electron chi connectivity index (χ2n) is 9.10. The lowest BCUT2D eigenvalue weighted by atomic mass is 9.81. The van der Waals surface area contributed by atoms with Crippen molar-refractivity contribution in [3.05, 3.63) is 42.0 Å². The molecule has 0 bridgehead atoms. The maximum Gasteiger partial charge on any atom is 0.223 e. The monoisotopic (exact) mass is 409 g/mol. The summed E-state index contributed by atoms with van der Waals surface area (Å²) in [4.78, 5) is 27.3. The molecule has 1 heterocycles. The van der Waals surface area contributed by atoms with Crippen molar-refractivity contribution in [2.24, 2.45) is 17.8 Å². The minimum absolute atomic E-state index is 0.131. The first-order valence-electron chi connectivity index (χ1n) is 11.7. The van der Waals surface area contributed by atoms with Crippen LogP contribution in [-0.2, 0) is 16.0 Å². The number of allylic oxidation sites excluding steroid dienone is 2. The lowest BCUT2D eigenvalue weighted by Gasteiger charge is -2.29. The van der Waals surface area contributed by atoms with Gasteiger partial charge in [-0.1, -0.05) is 30.4 Å². The van der Waals surface area contributed by atoms with Crippen LogP contribution in [0, 0.1) is 17.8 Å². The number of nitrogens with zero attached hydrogens (tertiary/aromatic N) is 1. The molecule has 1 aromatic rings. The Kier molecular flexibility index (Phi) is 7.08. The molecule has 1 unspecified atom stereocenters. The van der Waals surface area contributed by atoms with Crippen molar-refractivity contribution in [2.45, 2.75) is 51.4 Å². The van der Waals surface area contributed by atoms with Crippen molar-refractivity contribution in [3.8, 4) is 0 Å². The topological polar surface area (TPSA) is 61.4 Å². The van der Waals surface area contributed by atoms with Gasteiger partial charge in [0.15, 0.2) is 0 Å². The second-order valence-corrected chi connectivity index (χ2v) is 9.10. The van der Waals surface area contributed by atoms with Crippen LogP contribution in [0.1, 0.15) is 50.5 Å². The van der Waals surface area contributed by atoms with Crippen LogP contribution in [0.2, 0.25) is 0 Å². The van der Waals surface area contributed by atoms with E-state index < -0.39 is 0 Å². The Morgan fingerprint density at radius 3 is 2.53 bits per heavy atom. The normalized spacial score (nSPS) is 25.6. The lowest BCUT2D eigenvalue weighted by molar-refractivity contribution is -0.127. The van der Waals surface area contributed by atoms with E-state index in [-0.39, 0.29) is 23.7 Å². The number of hydrogen-bond donors (Lipinski definition) is 2. The fraction of sp³-hybridized carbons (Fsp3) is 0.600. The molecule has 1 aromatic carbocycles. The van der Waals surface area contributed by atoms with Crippen LogP contribution in [0.5, 0.6) is 0 Å². The zero-order valence-corrected chi connectivity index (χ0v) is 17.9. The van der Waals surface area contributed by atoms with Gasteiger partial charge >= 0.3 is 0 Å². The minimum atomic E-state index is 0.131. The summed E-state index contributed by atoms with van der Waals surface area (Å²) in [7, 11) is 0. The number of carbonyl (C=O) groups excluding carboxylic acids is 2. The van der Waals surface area contributed by atoms with Crippen molar-refractivity contribution in [1.82, 2.24) is 10.6 Å². The molecular formula is C25H35N3O2. The Morgan fingerprint density at radius 2 is 1.73 bits per heavy atom. The highest BCUT2D eigenvalue weighted by atomic mass is 16.2. The van der Waals surface area contributed by atoms with E-state index >= 15 is 0 Å². The molecule has 1 atom stereocenters. The zero-order valence-electron chi connectivity index (χ0n) is 17.9. The summed E-state index contributed by atoms with van der Waals surface area (Å²) in [6.07, 6.45) is 12.2. The van der Waals surface area contributed by atoms with E-state index in [1.807, 2.05) is 0 Å². The summed E-state index contributed by atoms with van der Waals surface area (Å²) in [5, 5.41) is 6.32. The third-order valence-corrected chi connectivity index (χ3v) is 7.09. The summed E-state index contributed by atoms with van der Waals surface area (Å²) in [6.45, 7) is 3.39. The van der Waals surface area contributed by atoms with E-state index in [4.69, 9.17) is 0 Å². The smallest absolute Gasteiger partial charge is 0.223 e. The van der Waals surface area contributed by atoms with Gasteiger partial charge in [-0.3, -0.25) is 9.59 Å². The van der Waals surface area contributed by atoms with Gasteiger partial charge in [0.05, 0.1) is 0 Å². The van der Waals surface area contributed by atoms with Crippen LogP contribution in [-0.4, -0.2) is 38.0 Å². The number of anilines is 1. The van der Waals surface area contributed by atoms with Crippen molar-refractivity contribution >= 4 is 17.5 Å². The minimum Gasteiger partial charge on any atom is -0.369 e. The van der Waals surface area contributed by atoms with Crippen LogP contribution >= 0.6 is 0 Å². The molecule has 1 saturated carbocycles. The van der Waals surface area contributed by atoms with Crippen LogP contribution < -0.4 is 15.5 Å². The summed E-state index contributed by atoms with van der Waals surface area (Å²) in [5.41, 5.74) is 2.73. The van der Waals surface area contributed by atoms with Gasteiger partial charge in [0, 0.05) is 43.7 Å². The van der Waals surface area contributed by atoms with Gasteiger partial charge in [0.25, 0.3) is 0 Å². The molecule has 0 spiro atoms. The van der Waals surface area contributed by atoms with Gasteiger partial charge in [0.2, 0.25) is 11.8 Å². The summed E-state index contributed by atoms with van der Waals surface area (Å²) in [6, 6.07) is 8.55. The molecule has 30 heavy (non-hydrogen) atoms. The SMILES string of the molecule is O=C(NCC1CCC(C(=O)NCCN2CCc3ccccc32)CC1)C1CC=CCC1. The van der Waals surface area contributed by atoms with E-state index in [0.29, 0.717) is 12.5 Å². The molecule has 1 aliphatic heterocycles. The van der Waals surface area contributed by atoms with Crippen LogP contribution in [0.25, 0.3) is 0 Å². The highest BCUT2D eigenvalue weighted by Gasteiger charge is 2.27. The first-order chi connectivity index (χ1) is 14.7. The highest BCUT2D eigenvalue weighted by Crippen LogP contribution is 2.29. The molecule has 4 rings (SSSR count). The number of nitrogens with one attached hydrogen (secondary N) is 2. The maximum absolute atomic E-state index is 12.6. The highest BCUT2D eigenvalue weighted by molar-refractivity contribution is 5.79. The molecule has 162 valence electrons. The molecule has 1 fully saturated rings. The number of hydrogen-bond acceptors (Lipinski definition) is 3. The second kappa shape index (κ2) is 10.1. The van der Waals surface area contributed by atoms with Gasteiger partial charge in [0.1, 0.15) is 0 Å². The summed E-state index contributed by atoms with van der Waals surface area (Å²) < 4.78 is 0. The molecule has 2 aliphatic carbocycles. The Bertz CT molecular complexity index is 767. The van der Waals surface area contributed by atoms with Crippen molar-refractivity contribution < 1.29 is 9.59 Å². The fourth-order valence-electron chi connectivity index (χ4n) is 5.15. The maximum atomic E-state index is 12.6. The van der Waals surface area contributed by atoms with E-state index in [0.717, 1.165) is 71.0 Å². The van der Waals surface area contributed by atoms with Crippen molar-refractivity contribution in [2.75, 3.05) is 31.1 Å². The molecule has 2 amide bonds. The molecule has 3 aliphatic rings. The molecular weight excluding hydrogens is 374 g/mol. The first-order valence-corrected chi connectivity index (χ1v) is 11.7. The van der Waals surface area contributed by atoms with Crippen LogP contribution in [0.4, 0.5) is 5.69 Å². The van der Waals surface area contributed by atoms with E-state index in [9.17, 15) is 9.59 Å². The van der Waals surface area contributed by atoms with Crippen molar-refractivity contribution in [3.63, 3.8) is 0 Å². The molecule has 5 nitrogen and oxygen atoms in total. The van der Waals surface area contributed by atoms with E-state index in [1.165, 1.54) is 11.3 Å². The van der Waals surface area contributed by atoms with Gasteiger partial charge in [-0.05, 0) is 68.9 Å². The third-order valence-electron chi connectivity index (χ3n) is 7.09. The average Bonchev–Trinajstić information content (AvgIpc) is 3.21. The van der Waals surface area contributed by atoms with Gasteiger partial charge in [-0.2, -0.15) is 0 Å². The van der Waals surface area contributed by atoms with E-state index in [1.54, 1.807) is 0 Å². The zero-order chi connectivity index (χ0) is 20.8. The quantitative estimate of drug-likeness (QED) is 0.678. The molecule has 0 radical (unpaired) electrons. The standard InChI is InChI=1S/C25H35N3O2/c29-24(26-15-17-28-16-14-20-6-4-5-9-23(20)28)22-12-10-19(11-13-22)18-27-25(30)21-7-2-1-3-8-21/h1-2,4-6,9,19,21-22H,3,7-8,10-18H2,(H,26,29)(H,27,30). The summed E-state index contributed by atoms with van der Waals surface area (Å²) in [5.74, 6) is 1.21. The molecule has 0 aromatic heterocycles. The van der Waals surface area contributed by atoms with E-state index in [2.05, 4.69) is 52.0 Å². The largest absolute Gasteiger partial charge is 0.369 e. The number of amides is 2. The Balaban J connectivity index is 1.12. The number of carbonyl (C=O) groups is 2. The molecule has 2 N–H and O–H groups in total. The number of fused-ring (bicyclic) bond motifs is 1. The Morgan fingerprint density at radius 1 is 0.933 bits per heavy atom. The Hall–Kier alpha value is -2.30. The van der Waals surface area contributed by atoms with Crippen molar-refractivity contribution in [1.29, 1.82) is 0 Å². The number of rotatable bonds is 7. The molecule has 0 saturated heterocycles. The van der Waals surface area contributed by atoms with Crippen LogP contribution in [0.3, 0.4) is 0 Å². The number of benzene rings is 1. The van der Waals surface area contributed by atoms with Gasteiger partial charge < -0.3 is 15.5 Å². The fourth-order valence-corrected chi connectivity index (χ4v) is 5.15. The predicted molar refractivity (Wildman–Crippen MR) is 120 cm³/mol. The van der Waals surface area contributed by atoms with Gasteiger partial charge in [-0.25, -0.2) is 0 Å². The average molecular weight is 410 g/mol. The third kappa shape index (κ3) is 5.24. The first kappa shape index (κ1) is 21.0. The Labute approximate surface area is 180 Å². The van der Waals surface area contributed by atoms with Gasteiger partial charge in [-0.15, -0.1) is 0 Å². The predicted octanol–water partition coefficient (Wildman–Crippen LogP) is 3.44. The molecule has 5 heteroatoms. The summed E-state index contributed by atoms with van der Waals surface area (Å²) >= 11 is 0. The lowest BCUT2D eigenvalue weighted by Crippen LogP contribution is -2.40.